The predicted octanol–water partition coefficient (Wildman–Crippen LogP) is 2.78. The van der Waals surface area contributed by atoms with Crippen LogP contribution in [0.25, 0.3) is 10.2 Å². The minimum atomic E-state index is -0.417. The summed E-state index contributed by atoms with van der Waals surface area (Å²) in [4.78, 5) is 20.9. The molecule has 0 amide bonds. The Bertz CT molecular complexity index is 569. The van der Waals surface area contributed by atoms with Crippen molar-refractivity contribution in [3.05, 3.63) is 23.0 Å². The SMILES string of the molecule is COC(=O)c1ncnc2cc(C(C)(C)C)sc12. The second-order valence-electron chi connectivity index (χ2n) is 4.79. The Morgan fingerprint density at radius 3 is 2.65 bits per heavy atom. The van der Waals surface area contributed by atoms with Crippen molar-refractivity contribution in [2.75, 3.05) is 7.11 Å². The lowest BCUT2D eigenvalue weighted by Gasteiger charge is -2.14. The number of carbonyl (C=O) groups is 1. The Labute approximate surface area is 104 Å². The number of ether oxygens (including phenoxy) is 1. The van der Waals surface area contributed by atoms with Gasteiger partial charge in [0, 0.05) is 4.88 Å². The molecule has 2 aromatic rings. The molecule has 0 saturated heterocycles. The number of carbonyl (C=O) groups excluding carboxylic acids is 1. The van der Waals surface area contributed by atoms with Gasteiger partial charge in [0.25, 0.3) is 0 Å². The fourth-order valence-corrected chi connectivity index (χ4v) is 2.61. The van der Waals surface area contributed by atoms with E-state index in [-0.39, 0.29) is 5.41 Å². The highest BCUT2D eigenvalue weighted by Gasteiger charge is 2.21. The number of hydrogen-bond donors (Lipinski definition) is 0. The van der Waals surface area contributed by atoms with Crippen LogP contribution in [0.15, 0.2) is 12.4 Å². The molecule has 0 fully saturated rings. The fraction of sp³-hybridized carbons (Fsp3) is 0.417. The summed E-state index contributed by atoms with van der Waals surface area (Å²) in [5.74, 6) is -0.417. The third-order valence-electron chi connectivity index (χ3n) is 2.43. The smallest absolute Gasteiger partial charge is 0.358 e. The molecule has 2 heterocycles. The summed E-state index contributed by atoms with van der Waals surface area (Å²) in [6, 6.07) is 2.01. The van der Waals surface area contributed by atoms with Crippen molar-refractivity contribution < 1.29 is 9.53 Å². The Balaban J connectivity index is 2.65. The van der Waals surface area contributed by atoms with Crippen LogP contribution in [-0.2, 0) is 10.2 Å². The van der Waals surface area contributed by atoms with Crippen LogP contribution in [0, 0.1) is 0 Å². The first-order valence-corrected chi connectivity index (χ1v) is 6.08. The van der Waals surface area contributed by atoms with Crippen molar-refractivity contribution >= 4 is 27.5 Å². The molecular formula is C12H14N2O2S. The minimum Gasteiger partial charge on any atom is -0.464 e. The average Bonchev–Trinajstić information content (AvgIpc) is 2.71. The van der Waals surface area contributed by atoms with Crippen LogP contribution in [0.3, 0.4) is 0 Å². The zero-order valence-electron chi connectivity index (χ0n) is 10.3. The second kappa shape index (κ2) is 4.07. The van der Waals surface area contributed by atoms with Gasteiger partial charge in [0.05, 0.1) is 17.3 Å². The Kier molecular flexibility index (Phi) is 2.87. The van der Waals surface area contributed by atoms with E-state index in [1.54, 1.807) is 11.3 Å². The molecule has 90 valence electrons. The number of fused-ring (bicyclic) bond motifs is 1. The zero-order chi connectivity index (χ0) is 12.6. The third-order valence-corrected chi connectivity index (χ3v) is 3.99. The van der Waals surface area contributed by atoms with Crippen LogP contribution in [0.2, 0.25) is 0 Å². The molecule has 0 atom stereocenters. The van der Waals surface area contributed by atoms with Crippen LogP contribution in [0.5, 0.6) is 0 Å². The molecule has 0 spiro atoms. The van der Waals surface area contributed by atoms with Gasteiger partial charge in [-0.2, -0.15) is 0 Å². The molecule has 0 aliphatic heterocycles. The molecule has 5 heteroatoms. The Morgan fingerprint density at radius 2 is 2.06 bits per heavy atom. The summed E-state index contributed by atoms with van der Waals surface area (Å²) in [5.41, 5.74) is 1.19. The maximum atomic E-state index is 11.6. The van der Waals surface area contributed by atoms with E-state index in [1.807, 2.05) is 6.07 Å². The third kappa shape index (κ3) is 2.15. The van der Waals surface area contributed by atoms with E-state index in [2.05, 4.69) is 30.7 Å². The lowest BCUT2D eigenvalue weighted by molar-refractivity contribution is 0.0596. The molecule has 17 heavy (non-hydrogen) atoms. The summed E-state index contributed by atoms with van der Waals surface area (Å²) >= 11 is 1.55. The number of aromatic nitrogens is 2. The van der Waals surface area contributed by atoms with Crippen molar-refractivity contribution in [3.8, 4) is 0 Å². The summed E-state index contributed by atoms with van der Waals surface area (Å²) < 4.78 is 5.51. The average molecular weight is 250 g/mol. The zero-order valence-corrected chi connectivity index (χ0v) is 11.1. The molecule has 2 rings (SSSR count). The highest BCUT2D eigenvalue weighted by Crippen LogP contribution is 2.34. The largest absolute Gasteiger partial charge is 0.464 e. The first-order chi connectivity index (χ1) is 7.93. The van der Waals surface area contributed by atoms with Crippen LogP contribution in [0.1, 0.15) is 36.1 Å². The van der Waals surface area contributed by atoms with Gasteiger partial charge in [-0.25, -0.2) is 14.8 Å². The van der Waals surface area contributed by atoms with Crippen LogP contribution < -0.4 is 0 Å². The second-order valence-corrected chi connectivity index (χ2v) is 5.84. The molecule has 0 N–H and O–H groups in total. The van der Waals surface area contributed by atoms with Gasteiger partial charge in [-0.1, -0.05) is 20.8 Å². The summed E-state index contributed by atoms with van der Waals surface area (Å²) in [6.45, 7) is 6.38. The predicted molar refractivity (Wildman–Crippen MR) is 67.5 cm³/mol. The molecule has 2 aromatic heterocycles. The number of methoxy groups -OCH3 is 1. The van der Waals surface area contributed by atoms with Gasteiger partial charge < -0.3 is 4.74 Å². The first kappa shape index (κ1) is 12.0. The molecule has 0 aromatic carbocycles. The first-order valence-electron chi connectivity index (χ1n) is 5.27. The highest BCUT2D eigenvalue weighted by atomic mass is 32.1. The molecule has 0 bridgehead atoms. The summed E-state index contributed by atoms with van der Waals surface area (Å²) in [7, 11) is 1.36. The van der Waals surface area contributed by atoms with Crippen LogP contribution >= 0.6 is 11.3 Å². The van der Waals surface area contributed by atoms with Crippen molar-refractivity contribution in [3.63, 3.8) is 0 Å². The van der Waals surface area contributed by atoms with E-state index >= 15 is 0 Å². The van der Waals surface area contributed by atoms with Gasteiger partial charge in [0.2, 0.25) is 0 Å². The molecule has 0 aliphatic carbocycles. The number of esters is 1. The van der Waals surface area contributed by atoms with Gasteiger partial charge in [-0.3, -0.25) is 0 Å². The number of rotatable bonds is 1. The summed E-state index contributed by atoms with van der Waals surface area (Å²) in [5, 5.41) is 0. The van der Waals surface area contributed by atoms with Gasteiger partial charge in [0.1, 0.15) is 6.33 Å². The van der Waals surface area contributed by atoms with E-state index in [0.29, 0.717) is 5.69 Å². The van der Waals surface area contributed by atoms with Gasteiger partial charge in [0.15, 0.2) is 5.69 Å². The molecule has 0 unspecified atom stereocenters. The minimum absolute atomic E-state index is 0.0404. The lowest BCUT2D eigenvalue weighted by atomic mass is 9.95. The van der Waals surface area contributed by atoms with Crippen LogP contribution in [-0.4, -0.2) is 23.0 Å². The normalized spacial score (nSPS) is 11.8. The van der Waals surface area contributed by atoms with Crippen molar-refractivity contribution in [2.45, 2.75) is 26.2 Å². The fourth-order valence-electron chi connectivity index (χ4n) is 1.47. The topological polar surface area (TPSA) is 52.1 Å². The van der Waals surface area contributed by atoms with Gasteiger partial charge >= 0.3 is 5.97 Å². The number of hydrogen-bond acceptors (Lipinski definition) is 5. The van der Waals surface area contributed by atoms with Gasteiger partial charge in [-0.15, -0.1) is 11.3 Å². The van der Waals surface area contributed by atoms with Crippen LogP contribution in [0.4, 0.5) is 0 Å². The highest BCUT2D eigenvalue weighted by molar-refractivity contribution is 7.19. The van der Waals surface area contributed by atoms with E-state index in [1.165, 1.54) is 18.3 Å². The Hall–Kier alpha value is -1.49. The van der Waals surface area contributed by atoms with E-state index in [0.717, 1.165) is 10.2 Å². The van der Waals surface area contributed by atoms with Crippen molar-refractivity contribution in [1.29, 1.82) is 0 Å². The Morgan fingerprint density at radius 1 is 1.35 bits per heavy atom. The standard InChI is InChI=1S/C12H14N2O2S/c1-12(2,3)8-5-7-10(17-8)9(11(15)16-4)14-6-13-7/h5-6H,1-4H3. The van der Waals surface area contributed by atoms with E-state index < -0.39 is 5.97 Å². The molecular weight excluding hydrogens is 236 g/mol. The lowest BCUT2D eigenvalue weighted by Crippen LogP contribution is -2.07. The van der Waals surface area contributed by atoms with Crippen molar-refractivity contribution in [1.82, 2.24) is 9.97 Å². The number of nitrogens with zero attached hydrogens (tertiary/aromatic N) is 2. The maximum Gasteiger partial charge on any atom is 0.358 e. The quantitative estimate of drug-likeness (QED) is 0.730. The molecule has 4 nitrogen and oxygen atoms in total. The molecule has 0 saturated carbocycles. The molecule has 0 radical (unpaired) electrons. The number of thiophene rings is 1. The van der Waals surface area contributed by atoms with Gasteiger partial charge in [-0.05, 0) is 11.5 Å². The van der Waals surface area contributed by atoms with E-state index in [9.17, 15) is 4.79 Å². The monoisotopic (exact) mass is 250 g/mol. The van der Waals surface area contributed by atoms with E-state index in [4.69, 9.17) is 4.74 Å². The maximum absolute atomic E-state index is 11.6. The summed E-state index contributed by atoms with van der Waals surface area (Å²) in [6.07, 6.45) is 1.40. The van der Waals surface area contributed by atoms with Crippen molar-refractivity contribution in [2.24, 2.45) is 0 Å². The molecule has 0 aliphatic rings.